The minimum Gasteiger partial charge on any atom is -0.353 e. The first-order chi connectivity index (χ1) is 9.70. The number of hydrogen-bond donors (Lipinski definition) is 2. The molecule has 2 aromatic rings. The van der Waals surface area contributed by atoms with E-state index in [1.807, 2.05) is 0 Å². The Balaban J connectivity index is 2.11. The summed E-state index contributed by atoms with van der Waals surface area (Å²) in [6, 6.07) is 3.63. The van der Waals surface area contributed by atoms with Crippen molar-refractivity contribution in [3.05, 3.63) is 36.0 Å². The highest BCUT2D eigenvalue weighted by Crippen LogP contribution is 2.21. The van der Waals surface area contributed by atoms with Crippen molar-refractivity contribution in [3.8, 4) is 0 Å². The zero-order valence-electron chi connectivity index (χ0n) is 11.0. The Labute approximate surface area is 115 Å². The molecule has 0 aliphatic carbocycles. The summed E-state index contributed by atoms with van der Waals surface area (Å²) in [6.45, 7) is 2.79. The van der Waals surface area contributed by atoms with Gasteiger partial charge in [0.15, 0.2) is 5.82 Å². The lowest BCUT2D eigenvalue weighted by atomic mass is 10.3. The number of nitrogens with zero attached hydrogens (tertiary/aromatic N) is 3. The summed E-state index contributed by atoms with van der Waals surface area (Å²) in [6.07, 6.45) is 3.32. The van der Waals surface area contributed by atoms with E-state index < -0.39 is 11.6 Å². The van der Waals surface area contributed by atoms with E-state index in [9.17, 15) is 8.78 Å². The summed E-state index contributed by atoms with van der Waals surface area (Å²) in [5.74, 6) is -0.837. The standard InChI is InChI=1S/C13H15F2N5/c1-2-3-7-16-13-19-11(8-17-20-13)18-12-9(14)5-4-6-10(12)15/h4-6,8H,2-3,7H2,1H3,(H2,16,18,19,20). The normalized spacial score (nSPS) is 10.3. The van der Waals surface area contributed by atoms with E-state index in [0.717, 1.165) is 19.4 Å². The number of aromatic nitrogens is 3. The second kappa shape index (κ2) is 6.74. The van der Waals surface area contributed by atoms with Crippen LogP contribution in [-0.4, -0.2) is 21.7 Å². The molecule has 0 aliphatic heterocycles. The number of unbranched alkanes of at least 4 members (excludes halogenated alkanes) is 1. The van der Waals surface area contributed by atoms with Crippen molar-refractivity contribution in [2.24, 2.45) is 0 Å². The van der Waals surface area contributed by atoms with Crippen molar-refractivity contribution in [1.82, 2.24) is 15.2 Å². The third-order valence-electron chi connectivity index (χ3n) is 2.59. The van der Waals surface area contributed by atoms with Crippen LogP contribution in [0.4, 0.5) is 26.2 Å². The van der Waals surface area contributed by atoms with Crippen LogP contribution in [0.5, 0.6) is 0 Å². The van der Waals surface area contributed by atoms with Crippen molar-refractivity contribution < 1.29 is 8.78 Å². The van der Waals surface area contributed by atoms with Crippen LogP contribution in [0.25, 0.3) is 0 Å². The number of rotatable bonds is 6. The average Bonchev–Trinajstić information content (AvgIpc) is 2.44. The second-order valence-electron chi connectivity index (χ2n) is 4.17. The predicted molar refractivity (Wildman–Crippen MR) is 72.9 cm³/mol. The molecule has 0 radical (unpaired) electrons. The Bertz CT molecular complexity index is 556. The summed E-state index contributed by atoms with van der Waals surface area (Å²) in [7, 11) is 0. The smallest absolute Gasteiger partial charge is 0.244 e. The molecule has 0 saturated heterocycles. The number of anilines is 3. The fraction of sp³-hybridized carbons (Fsp3) is 0.308. The molecule has 0 bridgehead atoms. The van der Waals surface area contributed by atoms with Crippen LogP contribution < -0.4 is 10.6 Å². The molecule has 2 rings (SSSR count). The summed E-state index contributed by atoms with van der Waals surface area (Å²) in [5.41, 5.74) is -0.257. The molecule has 5 nitrogen and oxygen atoms in total. The summed E-state index contributed by atoms with van der Waals surface area (Å²) in [5, 5.41) is 13.1. The van der Waals surface area contributed by atoms with E-state index >= 15 is 0 Å². The maximum Gasteiger partial charge on any atom is 0.244 e. The third kappa shape index (κ3) is 3.59. The van der Waals surface area contributed by atoms with E-state index in [4.69, 9.17) is 0 Å². The van der Waals surface area contributed by atoms with Crippen LogP contribution in [0.1, 0.15) is 19.8 Å². The van der Waals surface area contributed by atoms with Gasteiger partial charge in [0.25, 0.3) is 0 Å². The van der Waals surface area contributed by atoms with Gasteiger partial charge in [-0.1, -0.05) is 19.4 Å². The van der Waals surface area contributed by atoms with Gasteiger partial charge >= 0.3 is 0 Å². The second-order valence-corrected chi connectivity index (χ2v) is 4.17. The number of para-hydroxylation sites is 1. The van der Waals surface area contributed by atoms with Gasteiger partial charge in [-0.25, -0.2) is 8.78 Å². The van der Waals surface area contributed by atoms with Gasteiger partial charge in [0.1, 0.15) is 17.3 Å². The molecule has 0 aliphatic rings. The fourth-order valence-corrected chi connectivity index (χ4v) is 1.56. The minimum absolute atomic E-state index is 0.225. The number of nitrogens with one attached hydrogen (secondary N) is 2. The van der Waals surface area contributed by atoms with Crippen LogP contribution in [0, 0.1) is 11.6 Å². The van der Waals surface area contributed by atoms with Crippen LogP contribution in [0.3, 0.4) is 0 Å². The maximum atomic E-state index is 13.5. The molecule has 0 fully saturated rings. The van der Waals surface area contributed by atoms with Gasteiger partial charge in [0.05, 0.1) is 6.20 Å². The molecule has 0 spiro atoms. The van der Waals surface area contributed by atoms with Crippen LogP contribution >= 0.6 is 0 Å². The molecule has 1 heterocycles. The molecule has 1 aromatic carbocycles. The molecule has 106 valence electrons. The van der Waals surface area contributed by atoms with Gasteiger partial charge in [0.2, 0.25) is 5.95 Å². The van der Waals surface area contributed by atoms with Crippen LogP contribution in [-0.2, 0) is 0 Å². The van der Waals surface area contributed by atoms with Crippen molar-refractivity contribution in [2.45, 2.75) is 19.8 Å². The molecule has 0 saturated carbocycles. The summed E-state index contributed by atoms with van der Waals surface area (Å²) < 4.78 is 27.0. The summed E-state index contributed by atoms with van der Waals surface area (Å²) in [4.78, 5) is 4.09. The largest absolute Gasteiger partial charge is 0.353 e. The molecule has 0 amide bonds. The highest BCUT2D eigenvalue weighted by Gasteiger charge is 2.09. The lowest BCUT2D eigenvalue weighted by molar-refractivity contribution is 0.590. The lowest BCUT2D eigenvalue weighted by Gasteiger charge is -2.08. The third-order valence-corrected chi connectivity index (χ3v) is 2.59. The quantitative estimate of drug-likeness (QED) is 0.795. The molecule has 0 unspecified atom stereocenters. The maximum absolute atomic E-state index is 13.5. The predicted octanol–water partition coefficient (Wildman–Crippen LogP) is 3.11. The lowest BCUT2D eigenvalue weighted by Crippen LogP contribution is -2.08. The number of halogens is 2. The van der Waals surface area contributed by atoms with E-state index in [1.54, 1.807) is 0 Å². The Morgan fingerprint density at radius 1 is 1.20 bits per heavy atom. The SMILES string of the molecule is CCCCNc1nncc(Nc2c(F)cccc2F)n1. The Morgan fingerprint density at radius 3 is 2.65 bits per heavy atom. The number of benzene rings is 1. The van der Waals surface area contributed by atoms with E-state index in [2.05, 4.69) is 32.7 Å². The van der Waals surface area contributed by atoms with Gasteiger partial charge in [-0.2, -0.15) is 10.1 Å². The van der Waals surface area contributed by atoms with E-state index in [-0.39, 0.29) is 11.5 Å². The van der Waals surface area contributed by atoms with E-state index in [0.29, 0.717) is 5.95 Å². The Morgan fingerprint density at radius 2 is 1.95 bits per heavy atom. The Hall–Kier alpha value is -2.31. The molecular formula is C13H15F2N5. The van der Waals surface area contributed by atoms with Crippen molar-refractivity contribution in [2.75, 3.05) is 17.2 Å². The van der Waals surface area contributed by atoms with Gasteiger partial charge in [0, 0.05) is 6.54 Å². The first-order valence-corrected chi connectivity index (χ1v) is 6.35. The van der Waals surface area contributed by atoms with Crippen molar-refractivity contribution in [3.63, 3.8) is 0 Å². The van der Waals surface area contributed by atoms with Gasteiger partial charge in [-0.05, 0) is 18.6 Å². The van der Waals surface area contributed by atoms with Crippen molar-refractivity contribution >= 4 is 17.5 Å². The average molecular weight is 279 g/mol. The van der Waals surface area contributed by atoms with Crippen molar-refractivity contribution in [1.29, 1.82) is 0 Å². The zero-order valence-corrected chi connectivity index (χ0v) is 11.0. The van der Waals surface area contributed by atoms with Gasteiger partial charge < -0.3 is 10.6 Å². The van der Waals surface area contributed by atoms with Gasteiger partial charge in [-0.3, -0.25) is 0 Å². The molecular weight excluding hydrogens is 264 g/mol. The first kappa shape index (κ1) is 14.1. The summed E-state index contributed by atoms with van der Waals surface area (Å²) >= 11 is 0. The van der Waals surface area contributed by atoms with Gasteiger partial charge in [-0.15, -0.1) is 5.10 Å². The van der Waals surface area contributed by atoms with E-state index in [1.165, 1.54) is 24.4 Å². The van der Waals surface area contributed by atoms with Crippen LogP contribution in [0.2, 0.25) is 0 Å². The van der Waals surface area contributed by atoms with Crippen LogP contribution in [0.15, 0.2) is 24.4 Å². The fourth-order valence-electron chi connectivity index (χ4n) is 1.56. The molecule has 1 aromatic heterocycles. The Kier molecular flexibility index (Phi) is 4.75. The number of hydrogen-bond acceptors (Lipinski definition) is 5. The molecule has 2 N–H and O–H groups in total. The molecule has 0 atom stereocenters. The molecule has 7 heteroatoms. The first-order valence-electron chi connectivity index (χ1n) is 6.35. The zero-order chi connectivity index (χ0) is 14.4. The highest BCUT2D eigenvalue weighted by atomic mass is 19.1. The molecule has 20 heavy (non-hydrogen) atoms. The highest BCUT2D eigenvalue weighted by molar-refractivity contribution is 5.57. The minimum atomic E-state index is -0.691. The topological polar surface area (TPSA) is 62.7 Å². The monoisotopic (exact) mass is 279 g/mol.